The number of guanidine groups is 1. The van der Waals surface area contributed by atoms with E-state index in [-0.39, 0.29) is 30.1 Å². The van der Waals surface area contributed by atoms with E-state index in [0.29, 0.717) is 36.4 Å². The van der Waals surface area contributed by atoms with Crippen LogP contribution in [0.4, 0.5) is 4.79 Å². The summed E-state index contributed by atoms with van der Waals surface area (Å²) >= 11 is 6.08. The maximum absolute atomic E-state index is 11.6. The van der Waals surface area contributed by atoms with Crippen LogP contribution in [-0.4, -0.2) is 50.4 Å². The Morgan fingerprint density at radius 1 is 1.19 bits per heavy atom. The van der Waals surface area contributed by atoms with E-state index in [4.69, 9.17) is 21.1 Å². The van der Waals surface area contributed by atoms with Crippen LogP contribution in [0.15, 0.2) is 29.3 Å². The fourth-order valence-corrected chi connectivity index (χ4v) is 2.10. The number of para-hydroxylation sites is 1. The van der Waals surface area contributed by atoms with Crippen molar-refractivity contribution in [3.05, 3.63) is 29.3 Å². The third kappa shape index (κ3) is 11.8. The van der Waals surface area contributed by atoms with E-state index in [1.165, 1.54) is 0 Å². The Hall–Kier alpha value is -1.42. The molecular formula is C18H30ClIN4O3. The summed E-state index contributed by atoms with van der Waals surface area (Å²) in [5, 5.41) is 9.52. The largest absolute Gasteiger partial charge is 0.487 e. The highest BCUT2D eigenvalue weighted by Crippen LogP contribution is 2.23. The Labute approximate surface area is 183 Å². The van der Waals surface area contributed by atoms with Gasteiger partial charge in [0.25, 0.3) is 0 Å². The fraction of sp³-hybridized carbons (Fsp3) is 0.556. The van der Waals surface area contributed by atoms with Crippen LogP contribution in [-0.2, 0) is 4.74 Å². The van der Waals surface area contributed by atoms with Crippen molar-refractivity contribution in [2.45, 2.75) is 39.4 Å². The molecule has 1 rings (SSSR count). The van der Waals surface area contributed by atoms with Crippen molar-refractivity contribution in [1.29, 1.82) is 0 Å². The van der Waals surface area contributed by atoms with E-state index < -0.39 is 11.7 Å². The number of aliphatic imine (C=N–C) groups is 1. The number of rotatable bonds is 7. The smallest absolute Gasteiger partial charge is 0.407 e. The van der Waals surface area contributed by atoms with Crippen LogP contribution in [0, 0.1) is 0 Å². The standard InChI is InChI=1S/C18H29ClN4O3.HI/c1-13(25-15-9-7-6-8-14(15)19)12-23-16(20-5)21-10-11-22-17(24)26-18(2,3)4;/h6-9,13H,10-12H2,1-5H3,(H,22,24)(H2,20,21,23);1H. The summed E-state index contributed by atoms with van der Waals surface area (Å²) < 4.78 is 11.0. The zero-order chi connectivity index (χ0) is 19.6. The van der Waals surface area contributed by atoms with E-state index >= 15 is 0 Å². The zero-order valence-corrected chi connectivity index (χ0v) is 19.6. The summed E-state index contributed by atoms with van der Waals surface area (Å²) in [5.74, 6) is 1.26. The highest BCUT2D eigenvalue weighted by atomic mass is 127. The van der Waals surface area contributed by atoms with Crippen molar-refractivity contribution in [1.82, 2.24) is 16.0 Å². The maximum atomic E-state index is 11.6. The van der Waals surface area contributed by atoms with Gasteiger partial charge in [-0.15, -0.1) is 24.0 Å². The Morgan fingerprint density at radius 3 is 2.41 bits per heavy atom. The lowest BCUT2D eigenvalue weighted by Crippen LogP contribution is -2.44. The second-order valence-electron chi connectivity index (χ2n) is 6.67. The summed E-state index contributed by atoms with van der Waals surface area (Å²) in [6.07, 6.45) is -0.544. The predicted molar refractivity (Wildman–Crippen MR) is 121 cm³/mol. The summed E-state index contributed by atoms with van der Waals surface area (Å²) in [7, 11) is 1.68. The Bertz CT molecular complexity index is 609. The average Bonchev–Trinajstić information content (AvgIpc) is 2.54. The van der Waals surface area contributed by atoms with Crippen LogP contribution in [0.5, 0.6) is 5.75 Å². The molecule has 1 aromatic carbocycles. The van der Waals surface area contributed by atoms with Gasteiger partial charge in [0.2, 0.25) is 0 Å². The van der Waals surface area contributed by atoms with Crippen LogP contribution < -0.4 is 20.7 Å². The van der Waals surface area contributed by atoms with Crippen molar-refractivity contribution in [3.63, 3.8) is 0 Å². The molecule has 1 atom stereocenters. The van der Waals surface area contributed by atoms with Gasteiger partial charge in [-0.2, -0.15) is 0 Å². The van der Waals surface area contributed by atoms with Crippen LogP contribution in [0.2, 0.25) is 5.02 Å². The first-order valence-corrected chi connectivity index (χ1v) is 8.91. The number of alkyl carbamates (subject to hydrolysis) is 1. The molecule has 9 heteroatoms. The van der Waals surface area contributed by atoms with Gasteiger partial charge in [0, 0.05) is 20.1 Å². The molecule has 1 amide bonds. The molecule has 0 aliphatic heterocycles. The minimum Gasteiger partial charge on any atom is -0.487 e. The van der Waals surface area contributed by atoms with Gasteiger partial charge in [0.05, 0.1) is 11.6 Å². The van der Waals surface area contributed by atoms with Gasteiger partial charge in [-0.25, -0.2) is 4.79 Å². The Morgan fingerprint density at radius 2 is 1.81 bits per heavy atom. The van der Waals surface area contributed by atoms with E-state index in [2.05, 4.69) is 20.9 Å². The summed E-state index contributed by atoms with van der Waals surface area (Å²) in [4.78, 5) is 15.7. The predicted octanol–water partition coefficient (Wildman–Crippen LogP) is 3.42. The summed E-state index contributed by atoms with van der Waals surface area (Å²) in [5.41, 5.74) is -0.507. The number of hydrogen-bond donors (Lipinski definition) is 3. The third-order valence-electron chi connectivity index (χ3n) is 3.03. The normalized spacial score (nSPS) is 12.4. The number of benzene rings is 1. The molecule has 0 saturated heterocycles. The Kier molecular flexibility index (Phi) is 12.2. The lowest BCUT2D eigenvalue weighted by molar-refractivity contribution is 0.0529. The molecule has 3 N–H and O–H groups in total. The van der Waals surface area contributed by atoms with Crippen molar-refractivity contribution >= 4 is 47.6 Å². The SMILES string of the molecule is CN=C(NCCNC(=O)OC(C)(C)C)NCC(C)Oc1ccccc1Cl.I. The quantitative estimate of drug-likeness (QED) is 0.226. The van der Waals surface area contributed by atoms with Gasteiger partial charge in [-0.05, 0) is 39.8 Å². The molecule has 0 radical (unpaired) electrons. The molecule has 0 aliphatic carbocycles. The maximum Gasteiger partial charge on any atom is 0.407 e. The molecule has 0 saturated carbocycles. The summed E-state index contributed by atoms with van der Waals surface area (Å²) in [6.45, 7) is 8.88. The molecule has 0 bridgehead atoms. The first-order chi connectivity index (χ1) is 12.2. The molecule has 0 aromatic heterocycles. The van der Waals surface area contributed by atoms with Crippen molar-refractivity contribution in [2.75, 3.05) is 26.7 Å². The molecule has 7 nitrogen and oxygen atoms in total. The van der Waals surface area contributed by atoms with Gasteiger partial charge in [-0.1, -0.05) is 23.7 Å². The molecule has 1 unspecified atom stereocenters. The number of carbonyl (C=O) groups is 1. The Balaban J connectivity index is 0.00000676. The number of carbonyl (C=O) groups excluding carboxylic acids is 1. The van der Waals surface area contributed by atoms with Gasteiger partial charge in [-0.3, -0.25) is 4.99 Å². The minimum absolute atomic E-state index is 0. The summed E-state index contributed by atoms with van der Waals surface area (Å²) in [6, 6.07) is 7.35. The van der Waals surface area contributed by atoms with Crippen LogP contribution in [0.1, 0.15) is 27.7 Å². The number of nitrogens with one attached hydrogen (secondary N) is 3. The van der Waals surface area contributed by atoms with Crippen LogP contribution >= 0.6 is 35.6 Å². The second kappa shape index (κ2) is 12.9. The van der Waals surface area contributed by atoms with Crippen LogP contribution in [0.25, 0.3) is 0 Å². The molecule has 0 heterocycles. The average molecular weight is 513 g/mol. The van der Waals surface area contributed by atoms with E-state index in [1.807, 2.05) is 45.9 Å². The lowest BCUT2D eigenvalue weighted by atomic mass is 10.2. The van der Waals surface area contributed by atoms with E-state index in [0.717, 1.165) is 0 Å². The number of ether oxygens (including phenoxy) is 2. The van der Waals surface area contributed by atoms with Gasteiger partial charge in [0.1, 0.15) is 17.5 Å². The fourth-order valence-electron chi connectivity index (χ4n) is 1.92. The van der Waals surface area contributed by atoms with Crippen molar-refractivity contribution in [2.24, 2.45) is 4.99 Å². The molecule has 27 heavy (non-hydrogen) atoms. The van der Waals surface area contributed by atoms with E-state index in [1.54, 1.807) is 13.1 Å². The lowest BCUT2D eigenvalue weighted by Gasteiger charge is -2.20. The second-order valence-corrected chi connectivity index (χ2v) is 7.07. The molecule has 154 valence electrons. The molecule has 0 aliphatic rings. The zero-order valence-electron chi connectivity index (χ0n) is 16.5. The van der Waals surface area contributed by atoms with E-state index in [9.17, 15) is 4.79 Å². The van der Waals surface area contributed by atoms with Gasteiger partial charge < -0.3 is 25.4 Å². The first-order valence-electron chi connectivity index (χ1n) is 8.54. The van der Waals surface area contributed by atoms with Crippen molar-refractivity contribution in [3.8, 4) is 5.75 Å². The van der Waals surface area contributed by atoms with Gasteiger partial charge in [0.15, 0.2) is 5.96 Å². The number of nitrogens with zero attached hydrogens (tertiary/aromatic N) is 1. The minimum atomic E-state index is -0.507. The molecule has 0 spiro atoms. The molecular weight excluding hydrogens is 483 g/mol. The highest BCUT2D eigenvalue weighted by Gasteiger charge is 2.15. The number of hydrogen-bond acceptors (Lipinski definition) is 4. The monoisotopic (exact) mass is 512 g/mol. The third-order valence-corrected chi connectivity index (χ3v) is 3.34. The highest BCUT2D eigenvalue weighted by molar-refractivity contribution is 14.0. The van der Waals surface area contributed by atoms with Gasteiger partial charge >= 0.3 is 6.09 Å². The topological polar surface area (TPSA) is 84.0 Å². The molecule has 0 fully saturated rings. The first kappa shape index (κ1) is 25.6. The number of amides is 1. The number of halogens is 2. The van der Waals surface area contributed by atoms with Crippen LogP contribution in [0.3, 0.4) is 0 Å². The van der Waals surface area contributed by atoms with Crippen molar-refractivity contribution < 1.29 is 14.3 Å². The molecule has 1 aromatic rings.